The van der Waals surface area contributed by atoms with E-state index in [0.29, 0.717) is 16.7 Å². The van der Waals surface area contributed by atoms with Crippen molar-refractivity contribution in [3.63, 3.8) is 0 Å². The number of nitrogens with two attached hydrogens (primary N) is 1. The number of hydrogen-bond donors (Lipinski definition) is 3. The SMILES string of the molecule is CC1(C)OB(C(=Cc2cc(C(=O)O)ccc2N)CNC(=O)OCc2ccccc2)OC1(C)C. The molecule has 2 aromatic rings. The van der Waals surface area contributed by atoms with Crippen molar-refractivity contribution in [2.45, 2.75) is 45.5 Å². The van der Waals surface area contributed by atoms with Gasteiger partial charge >= 0.3 is 19.2 Å². The zero-order chi connectivity index (χ0) is 24.2. The third-order valence-electron chi connectivity index (χ3n) is 5.88. The smallest absolute Gasteiger partial charge is 0.478 e. The molecule has 0 bridgehead atoms. The monoisotopic (exact) mass is 452 g/mol. The van der Waals surface area contributed by atoms with Crippen LogP contribution in [0.4, 0.5) is 10.5 Å². The number of carboxylic acid groups (broad SMARTS) is 1. The Hall–Kier alpha value is -3.30. The molecule has 1 aliphatic heterocycles. The quantitative estimate of drug-likeness (QED) is 0.430. The second-order valence-electron chi connectivity index (χ2n) is 8.87. The van der Waals surface area contributed by atoms with Crippen molar-refractivity contribution in [2.75, 3.05) is 12.3 Å². The molecule has 1 fully saturated rings. The van der Waals surface area contributed by atoms with Gasteiger partial charge in [-0.1, -0.05) is 36.4 Å². The predicted octanol–water partition coefficient (Wildman–Crippen LogP) is 3.91. The van der Waals surface area contributed by atoms with Gasteiger partial charge in [-0.15, -0.1) is 0 Å². The number of nitrogens with one attached hydrogen (secondary N) is 1. The number of benzene rings is 2. The van der Waals surface area contributed by atoms with Crippen molar-refractivity contribution in [3.8, 4) is 0 Å². The second-order valence-corrected chi connectivity index (χ2v) is 8.87. The van der Waals surface area contributed by atoms with Crippen molar-refractivity contribution in [1.29, 1.82) is 0 Å². The van der Waals surface area contributed by atoms with E-state index < -0.39 is 30.4 Å². The Morgan fingerprint density at radius 1 is 1.09 bits per heavy atom. The fourth-order valence-corrected chi connectivity index (χ4v) is 3.18. The Labute approximate surface area is 193 Å². The molecule has 2 aromatic carbocycles. The third kappa shape index (κ3) is 5.94. The van der Waals surface area contributed by atoms with E-state index in [4.69, 9.17) is 19.8 Å². The first-order valence-corrected chi connectivity index (χ1v) is 10.6. The van der Waals surface area contributed by atoms with Gasteiger partial charge in [0.25, 0.3) is 0 Å². The lowest BCUT2D eigenvalue weighted by Crippen LogP contribution is -2.41. The minimum atomic E-state index is -1.07. The molecular weight excluding hydrogens is 423 g/mol. The van der Waals surface area contributed by atoms with E-state index in [1.54, 1.807) is 6.08 Å². The van der Waals surface area contributed by atoms with E-state index in [9.17, 15) is 14.7 Å². The largest absolute Gasteiger partial charge is 0.492 e. The molecule has 8 nitrogen and oxygen atoms in total. The summed E-state index contributed by atoms with van der Waals surface area (Å²) < 4.78 is 17.6. The predicted molar refractivity (Wildman–Crippen MR) is 127 cm³/mol. The molecule has 1 saturated heterocycles. The highest BCUT2D eigenvalue weighted by molar-refractivity contribution is 6.56. The summed E-state index contributed by atoms with van der Waals surface area (Å²) in [5.41, 5.74) is 7.29. The Bertz CT molecular complexity index is 1040. The van der Waals surface area contributed by atoms with E-state index in [1.165, 1.54) is 18.2 Å². The molecule has 0 radical (unpaired) electrons. The average molecular weight is 452 g/mol. The molecule has 0 atom stereocenters. The number of carbonyl (C=O) groups excluding carboxylic acids is 1. The van der Waals surface area contributed by atoms with E-state index in [0.717, 1.165) is 5.56 Å². The Balaban J connectivity index is 1.81. The zero-order valence-corrected chi connectivity index (χ0v) is 19.3. The van der Waals surface area contributed by atoms with Gasteiger partial charge in [-0.3, -0.25) is 0 Å². The van der Waals surface area contributed by atoms with Crippen LogP contribution in [0.5, 0.6) is 0 Å². The first kappa shape index (κ1) is 24.3. The standard InChI is InChI=1S/C24H29BN2O6/c1-23(2)24(3,4)33-25(32-23)19(13-18-12-17(21(28)29)10-11-20(18)26)14-27-22(30)31-15-16-8-6-5-7-9-16/h5-13H,14-15,26H2,1-4H3,(H,27,30)(H,28,29). The minimum Gasteiger partial charge on any atom is -0.478 e. The molecular formula is C24H29BN2O6. The molecule has 0 saturated carbocycles. The molecule has 0 aromatic heterocycles. The van der Waals surface area contributed by atoms with Gasteiger partial charge in [0.15, 0.2) is 0 Å². The number of amides is 1. The molecule has 174 valence electrons. The number of carbonyl (C=O) groups is 2. The van der Waals surface area contributed by atoms with E-state index in [1.807, 2.05) is 58.0 Å². The van der Waals surface area contributed by atoms with Crippen LogP contribution >= 0.6 is 0 Å². The van der Waals surface area contributed by atoms with Crippen molar-refractivity contribution < 1.29 is 28.7 Å². The molecule has 4 N–H and O–H groups in total. The summed E-state index contributed by atoms with van der Waals surface area (Å²) in [6, 6.07) is 13.8. The number of alkyl carbamates (subject to hydrolysis) is 1. The van der Waals surface area contributed by atoms with Crippen LogP contribution in [-0.4, -0.2) is 42.0 Å². The summed E-state index contributed by atoms with van der Waals surface area (Å²) in [7, 11) is -0.766. The van der Waals surface area contributed by atoms with Crippen LogP contribution in [0.25, 0.3) is 6.08 Å². The van der Waals surface area contributed by atoms with Crippen LogP contribution < -0.4 is 11.1 Å². The van der Waals surface area contributed by atoms with Gasteiger partial charge in [0.05, 0.1) is 16.8 Å². The van der Waals surface area contributed by atoms with Crippen molar-refractivity contribution in [2.24, 2.45) is 0 Å². The first-order chi connectivity index (χ1) is 15.5. The summed E-state index contributed by atoms with van der Waals surface area (Å²) in [6.07, 6.45) is 1.08. The molecule has 3 rings (SSSR count). The van der Waals surface area contributed by atoms with Crippen LogP contribution in [0.2, 0.25) is 0 Å². The highest BCUT2D eigenvalue weighted by Gasteiger charge is 2.52. The van der Waals surface area contributed by atoms with Crippen LogP contribution in [0.3, 0.4) is 0 Å². The third-order valence-corrected chi connectivity index (χ3v) is 5.88. The number of carboxylic acids is 1. The number of anilines is 1. The normalized spacial score (nSPS) is 17.0. The van der Waals surface area contributed by atoms with Gasteiger partial charge in [0.1, 0.15) is 6.61 Å². The Kier molecular flexibility index (Phi) is 7.14. The fourth-order valence-electron chi connectivity index (χ4n) is 3.18. The maximum Gasteiger partial charge on any atom is 0.492 e. The van der Waals surface area contributed by atoms with Crippen LogP contribution in [0.1, 0.15) is 49.2 Å². The van der Waals surface area contributed by atoms with Crippen LogP contribution in [0.15, 0.2) is 54.0 Å². The highest BCUT2D eigenvalue weighted by Crippen LogP contribution is 2.39. The maximum absolute atomic E-state index is 12.3. The second kappa shape index (κ2) is 9.68. The molecule has 0 spiro atoms. The van der Waals surface area contributed by atoms with Crippen molar-refractivity contribution >= 4 is 30.9 Å². The lowest BCUT2D eigenvalue weighted by molar-refractivity contribution is 0.00578. The van der Waals surface area contributed by atoms with Crippen molar-refractivity contribution in [3.05, 3.63) is 70.7 Å². The van der Waals surface area contributed by atoms with Crippen LogP contribution in [0, 0.1) is 0 Å². The van der Waals surface area contributed by atoms with Gasteiger partial charge in [0.2, 0.25) is 0 Å². The molecule has 1 amide bonds. The number of nitrogen functional groups attached to an aromatic ring is 1. The lowest BCUT2D eigenvalue weighted by atomic mass is 9.76. The van der Waals surface area contributed by atoms with Gasteiger partial charge in [-0.25, -0.2) is 9.59 Å². The van der Waals surface area contributed by atoms with E-state index in [2.05, 4.69) is 5.32 Å². The van der Waals surface area contributed by atoms with Gasteiger partial charge in [-0.2, -0.15) is 0 Å². The summed E-state index contributed by atoms with van der Waals surface area (Å²) in [6.45, 7) is 7.88. The Morgan fingerprint density at radius 3 is 2.33 bits per heavy atom. The van der Waals surface area contributed by atoms with E-state index in [-0.39, 0.29) is 18.7 Å². The maximum atomic E-state index is 12.3. The molecule has 33 heavy (non-hydrogen) atoms. The topological polar surface area (TPSA) is 120 Å². The summed E-state index contributed by atoms with van der Waals surface area (Å²) in [5, 5.41) is 12.0. The zero-order valence-electron chi connectivity index (χ0n) is 19.3. The molecule has 0 unspecified atom stereocenters. The molecule has 1 aliphatic rings. The van der Waals surface area contributed by atoms with E-state index >= 15 is 0 Å². The number of aromatic carboxylic acids is 1. The van der Waals surface area contributed by atoms with Gasteiger partial charge < -0.3 is 30.2 Å². The first-order valence-electron chi connectivity index (χ1n) is 10.6. The average Bonchev–Trinajstić information content (AvgIpc) is 2.98. The van der Waals surface area contributed by atoms with Crippen LogP contribution in [-0.2, 0) is 20.7 Å². The number of hydrogen-bond acceptors (Lipinski definition) is 6. The summed E-state index contributed by atoms with van der Waals surface area (Å²) >= 11 is 0. The minimum absolute atomic E-state index is 0.0567. The Morgan fingerprint density at radius 2 is 1.73 bits per heavy atom. The molecule has 0 aliphatic carbocycles. The highest BCUT2D eigenvalue weighted by atomic mass is 16.7. The lowest BCUT2D eigenvalue weighted by Gasteiger charge is -2.32. The molecule has 9 heteroatoms. The number of rotatable bonds is 7. The van der Waals surface area contributed by atoms with Gasteiger partial charge in [0, 0.05) is 12.2 Å². The van der Waals surface area contributed by atoms with Crippen molar-refractivity contribution in [1.82, 2.24) is 5.32 Å². The number of ether oxygens (including phenoxy) is 1. The van der Waals surface area contributed by atoms with Gasteiger partial charge in [-0.05, 0) is 62.5 Å². The summed E-state index contributed by atoms with van der Waals surface area (Å²) in [5.74, 6) is -1.07. The summed E-state index contributed by atoms with van der Waals surface area (Å²) in [4.78, 5) is 23.7. The fraction of sp³-hybridized carbons (Fsp3) is 0.333. The molecule has 1 heterocycles.